The molecule has 0 fully saturated rings. The maximum absolute atomic E-state index is 11.8. The van der Waals surface area contributed by atoms with Crippen molar-refractivity contribution in [3.05, 3.63) is 34.8 Å². The molecule has 0 saturated carbocycles. The van der Waals surface area contributed by atoms with Crippen molar-refractivity contribution in [3.8, 4) is 0 Å². The van der Waals surface area contributed by atoms with E-state index in [1.54, 1.807) is 17.5 Å². The Morgan fingerprint density at radius 3 is 3.05 bits per heavy atom. The largest absolute Gasteiger partial charge is 0.323 e. The van der Waals surface area contributed by atoms with Crippen LogP contribution in [0.15, 0.2) is 29.9 Å². The van der Waals surface area contributed by atoms with Crippen LogP contribution in [-0.2, 0) is 17.8 Å². The van der Waals surface area contributed by atoms with Gasteiger partial charge in [-0.3, -0.25) is 9.48 Å². The fourth-order valence-electron chi connectivity index (χ4n) is 1.63. The quantitative estimate of drug-likeness (QED) is 0.875. The molecule has 0 aliphatic rings. The van der Waals surface area contributed by atoms with E-state index < -0.39 is 0 Å². The second kappa shape index (κ2) is 6.49. The number of thiophene rings is 1. The number of amides is 1. The monoisotopic (exact) mass is 278 g/mol. The first-order valence-electron chi connectivity index (χ1n) is 6.13. The first-order chi connectivity index (χ1) is 9.13. The van der Waals surface area contributed by atoms with Gasteiger partial charge >= 0.3 is 0 Å². The van der Waals surface area contributed by atoms with Crippen molar-refractivity contribution in [1.82, 2.24) is 14.7 Å². The molecule has 0 bridgehead atoms. The number of carbonyl (C=O) groups excluding carboxylic acids is 1. The summed E-state index contributed by atoms with van der Waals surface area (Å²) < 4.78 is 1.83. The molecule has 0 unspecified atom stereocenters. The van der Waals surface area contributed by atoms with Crippen molar-refractivity contribution in [2.45, 2.75) is 13.0 Å². The fourth-order valence-corrected chi connectivity index (χ4v) is 2.33. The molecule has 2 rings (SSSR count). The van der Waals surface area contributed by atoms with Crippen LogP contribution in [0.5, 0.6) is 0 Å². The van der Waals surface area contributed by atoms with E-state index in [9.17, 15) is 4.79 Å². The number of hydrogen-bond donors (Lipinski definition) is 1. The summed E-state index contributed by atoms with van der Waals surface area (Å²) in [5, 5.41) is 9.05. The zero-order valence-corrected chi connectivity index (χ0v) is 12.0. The van der Waals surface area contributed by atoms with E-state index in [2.05, 4.69) is 15.3 Å². The van der Waals surface area contributed by atoms with Gasteiger partial charge in [-0.05, 0) is 25.5 Å². The summed E-state index contributed by atoms with van der Waals surface area (Å²) in [7, 11) is 4.04. The Kier molecular flexibility index (Phi) is 4.70. The van der Waals surface area contributed by atoms with Crippen LogP contribution in [0.25, 0.3) is 0 Å². The summed E-state index contributed by atoms with van der Waals surface area (Å²) in [4.78, 5) is 15.0. The third-order valence-corrected chi connectivity index (χ3v) is 3.48. The number of aromatic nitrogens is 2. The lowest BCUT2D eigenvalue weighted by molar-refractivity contribution is -0.115. The second-order valence-corrected chi connectivity index (χ2v) is 5.63. The highest BCUT2D eigenvalue weighted by Crippen LogP contribution is 2.11. The predicted octanol–water partition coefficient (Wildman–Crippen LogP) is 1.69. The van der Waals surface area contributed by atoms with Crippen molar-refractivity contribution < 1.29 is 4.79 Å². The zero-order chi connectivity index (χ0) is 13.7. The maximum atomic E-state index is 11.8. The molecule has 1 amide bonds. The number of rotatable bonds is 6. The normalized spacial score (nSPS) is 10.9. The van der Waals surface area contributed by atoms with Crippen molar-refractivity contribution in [3.63, 3.8) is 0 Å². The van der Waals surface area contributed by atoms with Gasteiger partial charge in [0.15, 0.2) is 0 Å². The second-order valence-electron chi connectivity index (χ2n) is 4.60. The molecule has 5 nitrogen and oxygen atoms in total. The van der Waals surface area contributed by atoms with E-state index in [1.165, 1.54) is 0 Å². The van der Waals surface area contributed by atoms with E-state index in [1.807, 2.05) is 42.5 Å². The summed E-state index contributed by atoms with van der Waals surface area (Å²) in [5.74, 6) is -0.00499. The summed E-state index contributed by atoms with van der Waals surface area (Å²) in [5.41, 5.74) is 0.750. The SMILES string of the molecule is CN(C)CCn1cc(NC(=O)Cc2cccs2)cn1. The number of carbonyl (C=O) groups is 1. The molecule has 102 valence electrons. The van der Waals surface area contributed by atoms with Gasteiger partial charge in [0.2, 0.25) is 5.91 Å². The van der Waals surface area contributed by atoms with Gasteiger partial charge < -0.3 is 10.2 Å². The lowest BCUT2D eigenvalue weighted by Gasteiger charge is -2.08. The third kappa shape index (κ3) is 4.50. The van der Waals surface area contributed by atoms with Crippen LogP contribution >= 0.6 is 11.3 Å². The Bertz CT molecular complexity index is 518. The molecule has 0 atom stereocenters. The van der Waals surface area contributed by atoms with Gasteiger partial charge in [0.05, 0.1) is 24.8 Å². The van der Waals surface area contributed by atoms with Crippen molar-refractivity contribution >= 4 is 22.9 Å². The van der Waals surface area contributed by atoms with Crippen LogP contribution in [0.3, 0.4) is 0 Å². The molecule has 0 radical (unpaired) electrons. The molecule has 0 aliphatic heterocycles. The van der Waals surface area contributed by atoms with Gasteiger partial charge in [0.1, 0.15) is 0 Å². The topological polar surface area (TPSA) is 50.2 Å². The van der Waals surface area contributed by atoms with Crippen molar-refractivity contribution in [2.75, 3.05) is 26.0 Å². The molecule has 0 aromatic carbocycles. The molecule has 6 heteroatoms. The van der Waals surface area contributed by atoms with Gasteiger partial charge in [-0.2, -0.15) is 5.10 Å². The highest BCUT2D eigenvalue weighted by molar-refractivity contribution is 7.10. The van der Waals surface area contributed by atoms with E-state index in [4.69, 9.17) is 0 Å². The number of hydrogen-bond acceptors (Lipinski definition) is 4. The summed E-state index contributed by atoms with van der Waals surface area (Å²) >= 11 is 1.59. The summed E-state index contributed by atoms with van der Waals surface area (Å²) in [6, 6.07) is 3.91. The predicted molar refractivity (Wildman–Crippen MR) is 77.4 cm³/mol. The Balaban J connectivity index is 1.84. The van der Waals surface area contributed by atoms with Gasteiger partial charge in [-0.15, -0.1) is 11.3 Å². The average molecular weight is 278 g/mol. The van der Waals surface area contributed by atoms with Crippen LogP contribution in [0.1, 0.15) is 4.88 Å². The molecule has 2 aromatic rings. The zero-order valence-electron chi connectivity index (χ0n) is 11.2. The standard InChI is InChI=1S/C13H18N4OS/c1-16(2)5-6-17-10-11(9-14-17)15-13(18)8-12-4-3-7-19-12/h3-4,7,9-10H,5-6,8H2,1-2H3,(H,15,18). The highest BCUT2D eigenvalue weighted by Gasteiger charge is 2.06. The number of anilines is 1. The number of nitrogens with zero attached hydrogens (tertiary/aromatic N) is 3. The lowest BCUT2D eigenvalue weighted by Crippen LogP contribution is -2.18. The minimum absolute atomic E-state index is 0.00499. The molecule has 2 aromatic heterocycles. The summed E-state index contributed by atoms with van der Waals surface area (Å²) in [6.07, 6.45) is 3.96. The number of nitrogens with one attached hydrogen (secondary N) is 1. The minimum Gasteiger partial charge on any atom is -0.323 e. The van der Waals surface area contributed by atoms with Gasteiger partial charge in [0.25, 0.3) is 0 Å². The highest BCUT2D eigenvalue weighted by atomic mass is 32.1. The maximum Gasteiger partial charge on any atom is 0.229 e. The smallest absolute Gasteiger partial charge is 0.229 e. The molecule has 0 aliphatic carbocycles. The average Bonchev–Trinajstić information content (AvgIpc) is 2.98. The van der Waals surface area contributed by atoms with E-state index >= 15 is 0 Å². The van der Waals surface area contributed by atoms with Gasteiger partial charge in [-0.25, -0.2) is 0 Å². The first kappa shape index (κ1) is 13.8. The lowest BCUT2D eigenvalue weighted by atomic mass is 10.3. The summed E-state index contributed by atoms with van der Waals surface area (Å²) in [6.45, 7) is 1.73. The van der Waals surface area contributed by atoms with Crippen LogP contribution in [0.4, 0.5) is 5.69 Å². The first-order valence-corrected chi connectivity index (χ1v) is 7.01. The van der Waals surface area contributed by atoms with Crippen molar-refractivity contribution in [2.24, 2.45) is 0 Å². The molecular weight excluding hydrogens is 260 g/mol. The van der Waals surface area contributed by atoms with E-state index in [-0.39, 0.29) is 5.91 Å². The molecule has 0 spiro atoms. The third-order valence-electron chi connectivity index (χ3n) is 2.61. The molecule has 2 heterocycles. The van der Waals surface area contributed by atoms with Crippen LogP contribution < -0.4 is 5.32 Å². The van der Waals surface area contributed by atoms with Crippen LogP contribution in [-0.4, -0.2) is 41.2 Å². The van der Waals surface area contributed by atoms with Gasteiger partial charge in [0, 0.05) is 17.6 Å². The van der Waals surface area contributed by atoms with E-state index in [0.717, 1.165) is 23.7 Å². The molecule has 0 saturated heterocycles. The Hall–Kier alpha value is -1.66. The van der Waals surface area contributed by atoms with E-state index in [0.29, 0.717) is 6.42 Å². The molecule has 1 N–H and O–H groups in total. The van der Waals surface area contributed by atoms with Crippen LogP contribution in [0, 0.1) is 0 Å². The minimum atomic E-state index is -0.00499. The molecular formula is C13H18N4OS. The number of likely N-dealkylation sites (N-methyl/N-ethyl adjacent to an activating group) is 1. The van der Waals surface area contributed by atoms with Crippen molar-refractivity contribution in [1.29, 1.82) is 0 Å². The molecule has 19 heavy (non-hydrogen) atoms. The van der Waals surface area contributed by atoms with Gasteiger partial charge in [-0.1, -0.05) is 6.07 Å². The Morgan fingerprint density at radius 2 is 2.37 bits per heavy atom. The van der Waals surface area contributed by atoms with Crippen LogP contribution in [0.2, 0.25) is 0 Å². The Morgan fingerprint density at radius 1 is 1.53 bits per heavy atom. The Labute approximate surface area is 116 Å². The fraction of sp³-hybridized carbons (Fsp3) is 0.385.